The molecule has 1 atom stereocenters. The third kappa shape index (κ3) is 3.71. The van der Waals surface area contributed by atoms with Crippen LogP contribution in [0.15, 0.2) is 18.2 Å². The number of nitrogens with two attached hydrogens (primary N) is 1. The fourth-order valence-electron chi connectivity index (χ4n) is 1.46. The van der Waals surface area contributed by atoms with Crippen LogP contribution in [-0.4, -0.2) is 25.7 Å². The SMILES string of the molecule is CCOC(=O)C(N)Cc1ccc(F)cc1OC. The highest BCUT2D eigenvalue weighted by atomic mass is 19.1. The van der Waals surface area contributed by atoms with Crippen molar-refractivity contribution in [3.8, 4) is 5.75 Å². The number of carbonyl (C=O) groups is 1. The van der Waals surface area contributed by atoms with Gasteiger partial charge in [0.25, 0.3) is 0 Å². The first-order chi connectivity index (χ1) is 8.08. The quantitative estimate of drug-likeness (QED) is 0.788. The van der Waals surface area contributed by atoms with E-state index in [0.29, 0.717) is 11.3 Å². The molecule has 0 fully saturated rings. The Labute approximate surface area is 99.5 Å². The van der Waals surface area contributed by atoms with Crippen LogP contribution in [0.25, 0.3) is 0 Å². The van der Waals surface area contributed by atoms with Gasteiger partial charge in [0.15, 0.2) is 0 Å². The normalized spacial score (nSPS) is 12.0. The van der Waals surface area contributed by atoms with Crippen LogP contribution in [0.1, 0.15) is 12.5 Å². The van der Waals surface area contributed by atoms with Crippen molar-refractivity contribution in [2.24, 2.45) is 5.73 Å². The smallest absolute Gasteiger partial charge is 0.323 e. The summed E-state index contributed by atoms with van der Waals surface area (Å²) in [6.45, 7) is 2.00. The summed E-state index contributed by atoms with van der Waals surface area (Å²) < 4.78 is 22.8. The number of esters is 1. The first-order valence-electron chi connectivity index (χ1n) is 5.33. The molecule has 0 aliphatic heterocycles. The van der Waals surface area contributed by atoms with Crippen LogP contribution in [0.5, 0.6) is 5.75 Å². The highest BCUT2D eigenvalue weighted by Gasteiger charge is 2.17. The zero-order valence-electron chi connectivity index (χ0n) is 9.90. The monoisotopic (exact) mass is 241 g/mol. The summed E-state index contributed by atoms with van der Waals surface area (Å²) in [6.07, 6.45) is 0.252. The maximum absolute atomic E-state index is 12.9. The van der Waals surface area contributed by atoms with Crippen LogP contribution >= 0.6 is 0 Å². The minimum Gasteiger partial charge on any atom is -0.496 e. The van der Waals surface area contributed by atoms with Gasteiger partial charge in [0.05, 0.1) is 13.7 Å². The molecule has 0 saturated carbocycles. The first kappa shape index (κ1) is 13.4. The van der Waals surface area contributed by atoms with Crippen molar-refractivity contribution in [1.29, 1.82) is 0 Å². The fraction of sp³-hybridized carbons (Fsp3) is 0.417. The van der Waals surface area contributed by atoms with Crippen molar-refractivity contribution in [3.63, 3.8) is 0 Å². The highest BCUT2D eigenvalue weighted by molar-refractivity contribution is 5.76. The Kier molecular flexibility index (Phi) is 4.90. The Morgan fingerprint density at radius 3 is 2.82 bits per heavy atom. The van der Waals surface area contributed by atoms with Crippen LogP contribution in [0.4, 0.5) is 4.39 Å². The molecule has 17 heavy (non-hydrogen) atoms. The Balaban J connectivity index is 2.77. The predicted molar refractivity (Wildman–Crippen MR) is 61.3 cm³/mol. The van der Waals surface area contributed by atoms with E-state index in [1.807, 2.05) is 0 Å². The molecule has 1 unspecified atom stereocenters. The third-order valence-corrected chi connectivity index (χ3v) is 2.28. The maximum atomic E-state index is 12.9. The lowest BCUT2D eigenvalue weighted by Gasteiger charge is -2.13. The van der Waals surface area contributed by atoms with Gasteiger partial charge in [-0.1, -0.05) is 6.07 Å². The summed E-state index contributed by atoms with van der Waals surface area (Å²) in [5.41, 5.74) is 6.35. The van der Waals surface area contributed by atoms with E-state index >= 15 is 0 Å². The second-order valence-corrected chi connectivity index (χ2v) is 3.52. The van der Waals surface area contributed by atoms with Gasteiger partial charge >= 0.3 is 5.97 Å². The minimum absolute atomic E-state index is 0.252. The summed E-state index contributed by atoms with van der Waals surface area (Å²) in [5, 5.41) is 0. The molecule has 1 aromatic carbocycles. The second kappa shape index (κ2) is 6.20. The van der Waals surface area contributed by atoms with Gasteiger partial charge in [-0.3, -0.25) is 4.79 Å². The lowest BCUT2D eigenvalue weighted by Crippen LogP contribution is -2.34. The first-order valence-corrected chi connectivity index (χ1v) is 5.33. The second-order valence-electron chi connectivity index (χ2n) is 3.52. The third-order valence-electron chi connectivity index (χ3n) is 2.28. The summed E-state index contributed by atoms with van der Waals surface area (Å²) in [4.78, 5) is 11.4. The van der Waals surface area contributed by atoms with Crippen molar-refractivity contribution in [3.05, 3.63) is 29.6 Å². The summed E-state index contributed by atoms with van der Waals surface area (Å²) in [6, 6.07) is 3.34. The lowest BCUT2D eigenvalue weighted by molar-refractivity contribution is -0.144. The number of carbonyl (C=O) groups excluding carboxylic acids is 1. The number of ether oxygens (including phenoxy) is 2. The van der Waals surface area contributed by atoms with E-state index in [1.165, 1.54) is 19.2 Å². The number of rotatable bonds is 5. The van der Waals surface area contributed by atoms with Crippen LogP contribution < -0.4 is 10.5 Å². The van der Waals surface area contributed by atoms with Crippen LogP contribution in [0, 0.1) is 5.82 Å². The van der Waals surface area contributed by atoms with Crippen molar-refractivity contribution in [2.45, 2.75) is 19.4 Å². The molecule has 0 bridgehead atoms. The van der Waals surface area contributed by atoms with E-state index in [9.17, 15) is 9.18 Å². The molecule has 4 nitrogen and oxygen atoms in total. The summed E-state index contributed by atoms with van der Waals surface area (Å²) in [5.74, 6) is -0.487. The molecular formula is C12H16FNO3. The van der Waals surface area contributed by atoms with Crippen molar-refractivity contribution >= 4 is 5.97 Å². The van der Waals surface area contributed by atoms with Gasteiger partial charge in [0.2, 0.25) is 0 Å². The average Bonchev–Trinajstić information content (AvgIpc) is 2.31. The molecule has 0 saturated heterocycles. The molecule has 0 aliphatic carbocycles. The van der Waals surface area contributed by atoms with Gasteiger partial charge in [-0.2, -0.15) is 0 Å². The molecule has 5 heteroatoms. The molecule has 0 aromatic heterocycles. The maximum Gasteiger partial charge on any atom is 0.323 e. The standard InChI is InChI=1S/C12H16FNO3/c1-3-17-12(15)10(14)6-8-4-5-9(13)7-11(8)16-2/h4-5,7,10H,3,6,14H2,1-2H3. The Morgan fingerprint density at radius 1 is 1.53 bits per heavy atom. The van der Waals surface area contributed by atoms with Crippen molar-refractivity contribution < 1.29 is 18.7 Å². The lowest BCUT2D eigenvalue weighted by atomic mass is 10.1. The van der Waals surface area contributed by atoms with E-state index in [2.05, 4.69) is 0 Å². The molecule has 0 heterocycles. The molecule has 0 aliphatic rings. The van der Waals surface area contributed by atoms with E-state index in [1.54, 1.807) is 13.0 Å². The number of hydrogen-bond acceptors (Lipinski definition) is 4. The molecule has 94 valence electrons. The van der Waals surface area contributed by atoms with Gasteiger partial charge in [-0.15, -0.1) is 0 Å². The number of methoxy groups -OCH3 is 1. The van der Waals surface area contributed by atoms with Crippen molar-refractivity contribution in [2.75, 3.05) is 13.7 Å². The van der Waals surface area contributed by atoms with E-state index in [0.717, 1.165) is 0 Å². The van der Waals surface area contributed by atoms with Gasteiger partial charge < -0.3 is 15.2 Å². The minimum atomic E-state index is -0.769. The molecule has 2 N–H and O–H groups in total. The van der Waals surface area contributed by atoms with E-state index in [-0.39, 0.29) is 13.0 Å². The molecule has 1 aromatic rings. The molecule has 0 radical (unpaired) electrons. The van der Waals surface area contributed by atoms with Gasteiger partial charge in [0, 0.05) is 12.5 Å². The topological polar surface area (TPSA) is 61.5 Å². The molecular weight excluding hydrogens is 225 g/mol. The number of halogens is 1. The van der Waals surface area contributed by atoms with Gasteiger partial charge in [-0.05, 0) is 18.6 Å². The van der Waals surface area contributed by atoms with Crippen LogP contribution in [0.2, 0.25) is 0 Å². The van der Waals surface area contributed by atoms with Crippen molar-refractivity contribution in [1.82, 2.24) is 0 Å². The van der Waals surface area contributed by atoms with Gasteiger partial charge in [0.1, 0.15) is 17.6 Å². The fourth-order valence-corrected chi connectivity index (χ4v) is 1.46. The van der Waals surface area contributed by atoms with Gasteiger partial charge in [-0.25, -0.2) is 4.39 Å². The Morgan fingerprint density at radius 2 is 2.24 bits per heavy atom. The van der Waals surface area contributed by atoms with Crippen LogP contribution in [0.3, 0.4) is 0 Å². The highest BCUT2D eigenvalue weighted by Crippen LogP contribution is 2.20. The zero-order chi connectivity index (χ0) is 12.8. The zero-order valence-corrected chi connectivity index (χ0v) is 9.90. The number of benzene rings is 1. The molecule has 0 amide bonds. The Hall–Kier alpha value is -1.62. The van der Waals surface area contributed by atoms with Crippen LogP contribution in [-0.2, 0) is 16.0 Å². The van der Waals surface area contributed by atoms with E-state index in [4.69, 9.17) is 15.2 Å². The molecule has 1 rings (SSSR count). The average molecular weight is 241 g/mol. The summed E-state index contributed by atoms with van der Waals surface area (Å²) in [7, 11) is 1.44. The number of hydrogen-bond donors (Lipinski definition) is 1. The molecule has 0 spiro atoms. The largest absolute Gasteiger partial charge is 0.496 e. The van der Waals surface area contributed by atoms with E-state index < -0.39 is 17.8 Å². The predicted octanol–water partition coefficient (Wildman–Crippen LogP) is 1.27. The Bertz CT molecular complexity index is 395. The summed E-state index contributed by atoms with van der Waals surface area (Å²) >= 11 is 0.